The van der Waals surface area contributed by atoms with Crippen molar-refractivity contribution in [2.45, 2.75) is 70.0 Å². The number of fused-ring (bicyclic) bond motifs is 3. The van der Waals surface area contributed by atoms with Gasteiger partial charge < -0.3 is 10.2 Å². The summed E-state index contributed by atoms with van der Waals surface area (Å²) in [5.74, 6) is 0. The predicted molar refractivity (Wildman–Crippen MR) is 80.1 cm³/mol. The topological polar surface area (TPSA) is 28.2 Å². The molecule has 1 aromatic heterocycles. The normalized spacial score (nSPS) is 32.9. The molecule has 0 aromatic carbocycles. The molecule has 2 atom stereocenters. The number of aromatic nitrogens is 1. The van der Waals surface area contributed by atoms with Crippen LogP contribution in [-0.4, -0.2) is 29.7 Å². The molecule has 4 heteroatoms. The highest BCUT2D eigenvalue weighted by molar-refractivity contribution is 7.15. The van der Waals surface area contributed by atoms with Crippen molar-refractivity contribution in [3.05, 3.63) is 10.6 Å². The minimum Gasteiger partial charge on any atom is -0.342 e. The lowest BCUT2D eigenvalue weighted by Gasteiger charge is -2.39. The Morgan fingerprint density at radius 3 is 2.74 bits per heavy atom. The quantitative estimate of drug-likeness (QED) is 0.921. The fourth-order valence-electron chi connectivity index (χ4n) is 4.23. The van der Waals surface area contributed by atoms with Gasteiger partial charge in [0.15, 0.2) is 5.13 Å². The van der Waals surface area contributed by atoms with Gasteiger partial charge in [-0.1, -0.05) is 6.92 Å². The first-order valence-corrected chi connectivity index (χ1v) is 8.67. The highest BCUT2D eigenvalue weighted by atomic mass is 32.1. The van der Waals surface area contributed by atoms with Gasteiger partial charge in [-0.2, -0.15) is 0 Å². The maximum atomic E-state index is 4.95. The molecule has 1 aromatic rings. The molecule has 4 rings (SSSR count). The lowest BCUT2D eigenvalue weighted by molar-refractivity contribution is 0.361. The fourth-order valence-corrected chi connectivity index (χ4v) is 5.52. The molecule has 3 nitrogen and oxygen atoms in total. The van der Waals surface area contributed by atoms with Crippen LogP contribution >= 0.6 is 11.3 Å². The molecule has 3 heterocycles. The van der Waals surface area contributed by atoms with Crippen molar-refractivity contribution in [3.8, 4) is 0 Å². The number of nitrogens with one attached hydrogen (secondary N) is 1. The zero-order valence-electron chi connectivity index (χ0n) is 11.7. The van der Waals surface area contributed by atoms with E-state index in [9.17, 15) is 0 Å². The maximum absolute atomic E-state index is 4.95. The van der Waals surface area contributed by atoms with Crippen LogP contribution in [0, 0.1) is 0 Å². The van der Waals surface area contributed by atoms with Gasteiger partial charge in [0, 0.05) is 23.0 Å². The van der Waals surface area contributed by atoms with Crippen LogP contribution in [0.5, 0.6) is 0 Å². The molecule has 2 fully saturated rings. The van der Waals surface area contributed by atoms with E-state index in [0.717, 1.165) is 24.7 Å². The first-order chi connectivity index (χ1) is 9.35. The zero-order chi connectivity index (χ0) is 12.8. The summed E-state index contributed by atoms with van der Waals surface area (Å²) in [5.41, 5.74) is 1.41. The minimum absolute atomic E-state index is 0.741. The Hall–Kier alpha value is -0.610. The van der Waals surface area contributed by atoms with Gasteiger partial charge in [0.05, 0.1) is 5.69 Å². The predicted octanol–water partition coefficient (Wildman–Crippen LogP) is 2.74. The molecule has 104 valence electrons. The highest BCUT2D eigenvalue weighted by Crippen LogP contribution is 2.42. The fraction of sp³-hybridized carbons (Fsp3) is 0.800. The van der Waals surface area contributed by atoms with Gasteiger partial charge >= 0.3 is 0 Å². The lowest BCUT2D eigenvalue weighted by atomic mass is 9.98. The van der Waals surface area contributed by atoms with E-state index in [-0.39, 0.29) is 0 Å². The van der Waals surface area contributed by atoms with Crippen LogP contribution in [0.4, 0.5) is 5.13 Å². The first kappa shape index (κ1) is 12.2. The Balaban J connectivity index is 1.56. The molecule has 0 radical (unpaired) electrons. The van der Waals surface area contributed by atoms with Crippen molar-refractivity contribution >= 4 is 16.5 Å². The van der Waals surface area contributed by atoms with Crippen LogP contribution in [0.2, 0.25) is 0 Å². The summed E-state index contributed by atoms with van der Waals surface area (Å²) in [5, 5.41) is 4.99. The number of thiazole rings is 1. The number of piperidine rings is 1. The van der Waals surface area contributed by atoms with E-state index in [1.54, 1.807) is 4.88 Å². The third-order valence-electron chi connectivity index (χ3n) is 5.03. The number of aryl methyl sites for hydroxylation is 2. The Morgan fingerprint density at radius 1 is 1.26 bits per heavy atom. The highest BCUT2D eigenvalue weighted by Gasteiger charge is 2.42. The van der Waals surface area contributed by atoms with Crippen molar-refractivity contribution in [1.29, 1.82) is 0 Å². The summed E-state index contributed by atoms with van der Waals surface area (Å²) in [6.07, 6.45) is 9.19. The summed E-state index contributed by atoms with van der Waals surface area (Å²) < 4.78 is 0. The summed E-state index contributed by atoms with van der Waals surface area (Å²) in [4.78, 5) is 9.20. The SMILES string of the molecule is CCNC1CC2CCC(C1)N2c1nc2c(s1)CCC2. The second-order valence-corrected chi connectivity index (χ2v) is 7.30. The van der Waals surface area contributed by atoms with Crippen LogP contribution in [-0.2, 0) is 12.8 Å². The van der Waals surface area contributed by atoms with Crippen LogP contribution in [0.25, 0.3) is 0 Å². The van der Waals surface area contributed by atoms with Gasteiger partial charge in [-0.25, -0.2) is 4.98 Å². The van der Waals surface area contributed by atoms with Gasteiger partial charge in [-0.05, 0) is 51.5 Å². The molecule has 0 amide bonds. The van der Waals surface area contributed by atoms with Crippen molar-refractivity contribution in [2.75, 3.05) is 11.4 Å². The average molecular weight is 277 g/mol. The average Bonchev–Trinajstić information content (AvgIpc) is 3.01. The van der Waals surface area contributed by atoms with Crippen molar-refractivity contribution in [1.82, 2.24) is 10.3 Å². The van der Waals surface area contributed by atoms with E-state index in [2.05, 4.69) is 17.1 Å². The van der Waals surface area contributed by atoms with E-state index in [1.165, 1.54) is 55.8 Å². The monoisotopic (exact) mass is 277 g/mol. The maximum Gasteiger partial charge on any atom is 0.186 e. The molecule has 2 bridgehead atoms. The molecular weight excluding hydrogens is 254 g/mol. The second-order valence-electron chi connectivity index (χ2n) is 6.24. The van der Waals surface area contributed by atoms with E-state index < -0.39 is 0 Å². The molecule has 0 spiro atoms. The smallest absolute Gasteiger partial charge is 0.186 e. The Kier molecular flexibility index (Phi) is 3.03. The summed E-state index contributed by atoms with van der Waals surface area (Å²) >= 11 is 1.99. The van der Waals surface area contributed by atoms with Crippen LogP contribution in [0.1, 0.15) is 49.6 Å². The number of anilines is 1. The molecular formula is C15H23N3S. The number of hydrogen-bond donors (Lipinski definition) is 1. The molecule has 2 saturated heterocycles. The Morgan fingerprint density at radius 2 is 2.05 bits per heavy atom. The number of nitrogens with zero attached hydrogens (tertiary/aromatic N) is 2. The largest absolute Gasteiger partial charge is 0.342 e. The number of hydrogen-bond acceptors (Lipinski definition) is 4. The third kappa shape index (κ3) is 2.00. The third-order valence-corrected chi connectivity index (χ3v) is 6.20. The minimum atomic E-state index is 0.741. The first-order valence-electron chi connectivity index (χ1n) is 7.85. The summed E-state index contributed by atoms with van der Waals surface area (Å²) in [6, 6.07) is 2.23. The van der Waals surface area contributed by atoms with Gasteiger partial charge in [0.2, 0.25) is 0 Å². The number of rotatable bonds is 3. The van der Waals surface area contributed by atoms with E-state index in [0.29, 0.717) is 0 Å². The van der Waals surface area contributed by atoms with E-state index in [4.69, 9.17) is 4.98 Å². The van der Waals surface area contributed by atoms with Crippen molar-refractivity contribution < 1.29 is 0 Å². The molecule has 1 aliphatic carbocycles. The zero-order valence-corrected chi connectivity index (χ0v) is 12.5. The van der Waals surface area contributed by atoms with E-state index >= 15 is 0 Å². The van der Waals surface area contributed by atoms with Crippen LogP contribution in [0.15, 0.2) is 0 Å². The van der Waals surface area contributed by atoms with Gasteiger partial charge in [0.25, 0.3) is 0 Å². The molecule has 2 unspecified atom stereocenters. The van der Waals surface area contributed by atoms with E-state index in [1.807, 2.05) is 11.3 Å². The lowest BCUT2D eigenvalue weighted by Crippen LogP contribution is -2.49. The molecule has 2 aliphatic heterocycles. The summed E-state index contributed by atoms with van der Waals surface area (Å²) in [6.45, 7) is 3.33. The molecule has 0 saturated carbocycles. The van der Waals surface area contributed by atoms with Gasteiger partial charge in [-0.3, -0.25) is 0 Å². The Bertz CT molecular complexity index is 434. The molecule has 1 N–H and O–H groups in total. The van der Waals surface area contributed by atoms with Gasteiger partial charge in [0.1, 0.15) is 0 Å². The molecule has 19 heavy (non-hydrogen) atoms. The van der Waals surface area contributed by atoms with Crippen molar-refractivity contribution in [2.24, 2.45) is 0 Å². The van der Waals surface area contributed by atoms with Crippen LogP contribution < -0.4 is 10.2 Å². The molecule has 3 aliphatic rings. The van der Waals surface area contributed by atoms with Crippen molar-refractivity contribution in [3.63, 3.8) is 0 Å². The summed E-state index contributed by atoms with van der Waals surface area (Å²) in [7, 11) is 0. The second kappa shape index (κ2) is 4.74. The standard InChI is InChI=1S/C15H23N3S/c1-2-16-10-8-11-6-7-12(9-10)18(11)15-17-13-4-3-5-14(13)19-15/h10-12,16H,2-9H2,1H3. The Labute approximate surface area is 119 Å². The van der Waals surface area contributed by atoms with Crippen LogP contribution in [0.3, 0.4) is 0 Å². The van der Waals surface area contributed by atoms with Gasteiger partial charge in [-0.15, -0.1) is 11.3 Å².